The van der Waals surface area contributed by atoms with E-state index in [2.05, 4.69) is 39.8 Å². The normalized spacial score (nSPS) is 11.6. The van der Waals surface area contributed by atoms with Crippen molar-refractivity contribution in [2.75, 3.05) is 18.0 Å². The van der Waals surface area contributed by atoms with Gasteiger partial charge in [-0.3, -0.25) is 0 Å². The summed E-state index contributed by atoms with van der Waals surface area (Å²) >= 11 is 3.42. The molecule has 4 nitrogen and oxygen atoms in total. The van der Waals surface area contributed by atoms with E-state index in [0.29, 0.717) is 0 Å². The Morgan fingerprint density at radius 2 is 2.06 bits per heavy atom. The highest BCUT2D eigenvalue weighted by Crippen LogP contribution is 2.27. The second-order valence-electron chi connectivity index (χ2n) is 3.29. The van der Waals surface area contributed by atoms with Gasteiger partial charge in [-0.15, -0.1) is 0 Å². The number of benzene rings is 1. The predicted molar refractivity (Wildman–Crippen MR) is 70.2 cm³/mol. The minimum Gasteiger partial charge on any atom is -0.409 e. The van der Waals surface area contributed by atoms with Gasteiger partial charge in [-0.2, -0.15) is 0 Å². The van der Waals surface area contributed by atoms with Gasteiger partial charge in [0, 0.05) is 23.2 Å². The molecule has 0 saturated carbocycles. The standard InChI is InChI=1S/C11H16BrN3O/c1-3-15(4-2)9-7-5-6-8(12)10(9)11(13)14-16/h5-7,16H,3-4H2,1-2H3,(H2,13,14). The van der Waals surface area contributed by atoms with Gasteiger partial charge in [-0.25, -0.2) is 0 Å². The summed E-state index contributed by atoms with van der Waals surface area (Å²) in [5, 5.41) is 11.9. The topological polar surface area (TPSA) is 61.8 Å². The summed E-state index contributed by atoms with van der Waals surface area (Å²) < 4.78 is 0.826. The predicted octanol–water partition coefficient (Wildman–Crippen LogP) is 2.39. The third-order valence-electron chi connectivity index (χ3n) is 2.46. The minimum atomic E-state index is 0.120. The van der Waals surface area contributed by atoms with Crippen LogP contribution in [0.4, 0.5) is 5.69 Å². The maximum atomic E-state index is 8.79. The zero-order valence-corrected chi connectivity index (χ0v) is 11.0. The number of oxime groups is 1. The Morgan fingerprint density at radius 1 is 1.44 bits per heavy atom. The third-order valence-corrected chi connectivity index (χ3v) is 3.12. The van der Waals surface area contributed by atoms with Gasteiger partial charge in [0.2, 0.25) is 0 Å². The van der Waals surface area contributed by atoms with Crippen LogP contribution in [0.15, 0.2) is 27.8 Å². The zero-order valence-electron chi connectivity index (χ0n) is 9.44. The van der Waals surface area contributed by atoms with Gasteiger partial charge in [-0.1, -0.05) is 11.2 Å². The van der Waals surface area contributed by atoms with Gasteiger partial charge in [0.05, 0.1) is 5.56 Å². The van der Waals surface area contributed by atoms with Crippen LogP contribution in [0.1, 0.15) is 19.4 Å². The van der Waals surface area contributed by atoms with Crippen molar-refractivity contribution in [1.29, 1.82) is 0 Å². The van der Waals surface area contributed by atoms with Gasteiger partial charge in [0.15, 0.2) is 5.84 Å². The molecule has 0 aliphatic heterocycles. The molecular formula is C11H16BrN3O. The first-order valence-corrected chi connectivity index (χ1v) is 5.96. The lowest BCUT2D eigenvalue weighted by Crippen LogP contribution is -2.26. The molecule has 1 aromatic rings. The molecule has 3 N–H and O–H groups in total. The first-order valence-electron chi connectivity index (χ1n) is 5.17. The summed E-state index contributed by atoms with van der Waals surface area (Å²) in [5.74, 6) is 0.120. The number of amidine groups is 1. The Balaban J connectivity index is 3.33. The average molecular weight is 286 g/mol. The quantitative estimate of drug-likeness (QED) is 0.386. The summed E-state index contributed by atoms with van der Waals surface area (Å²) in [6.07, 6.45) is 0. The van der Waals surface area contributed by atoms with Crippen LogP contribution in [0.5, 0.6) is 0 Å². The summed E-state index contributed by atoms with van der Waals surface area (Å²) in [6, 6.07) is 5.78. The van der Waals surface area contributed by atoms with Crippen LogP contribution in [-0.2, 0) is 0 Å². The number of hydrogen-bond donors (Lipinski definition) is 2. The maximum absolute atomic E-state index is 8.79. The first kappa shape index (κ1) is 12.8. The Kier molecular flexibility index (Phi) is 4.61. The SMILES string of the molecule is CCN(CC)c1cccc(Br)c1/C(N)=N/O. The van der Waals surface area contributed by atoms with Gasteiger partial charge in [0.1, 0.15) is 0 Å². The Bertz CT molecular complexity index is 389. The smallest absolute Gasteiger partial charge is 0.173 e. The van der Waals surface area contributed by atoms with Crippen molar-refractivity contribution in [3.05, 3.63) is 28.2 Å². The monoisotopic (exact) mass is 285 g/mol. The number of halogens is 1. The van der Waals surface area contributed by atoms with Gasteiger partial charge < -0.3 is 15.8 Å². The van der Waals surface area contributed by atoms with Crippen molar-refractivity contribution < 1.29 is 5.21 Å². The lowest BCUT2D eigenvalue weighted by atomic mass is 10.1. The lowest BCUT2D eigenvalue weighted by molar-refractivity contribution is 0.318. The Labute approximate surface area is 104 Å². The highest BCUT2D eigenvalue weighted by Gasteiger charge is 2.14. The van der Waals surface area contributed by atoms with Crippen molar-refractivity contribution in [3.63, 3.8) is 0 Å². The molecule has 0 atom stereocenters. The van der Waals surface area contributed by atoms with Crippen LogP contribution in [-0.4, -0.2) is 24.1 Å². The molecule has 0 spiro atoms. The van der Waals surface area contributed by atoms with Crippen LogP contribution in [0.25, 0.3) is 0 Å². The maximum Gasteiger partial charge on any atom is 0.173 e. The number of rotatable bonds is 4. The molecule has 0 radical (unpaired) electrons. The van der Waals surface area contributed by atoms with Crippen molar-refractivity contribution in [3.8, 4) is 0 Å². The van der Waals surface area contributed by atoms with Crippen LogP contribution < -0.4 is 10.6 Å². The molecule has 0 aliphatic carbocycles. The minimum absolute atomic E-state index is 0.120. The van der Waals surface area contributed by atoms with E-state index in [4.69, 9.17) is 10.9 Å². The number of nitrogens with zero attached hydrogens (tertiary/aromatic N) is 2. The van der Waals surface area contributed by atoms with Crippen LogP contribution in [0, 0.1) is 0 Å². The van der Waals surface area contributed by atoms with E-state index in [1.165, 1.54) is 0 Å². The van der Waals surface area contributed by atoms with Crippen LogP contribution in [0.3, 0.4) is 0 Å². The molecule has 0 unspecified atom stereocenters. The summed E-state index contributed by atoms with van der Waals surface area (Å²) in [5.41, 5.74) is 7.38. The molecule has 0 aromatic heterocycles. The van der Waals surface area contributed by atoms with Crippen molar-refractivity contribution >= 4 is 27.5 Å². The highest BCUT2D eigenvalue weighted by molar-refractivity contribution is 9.10. The fraction of sp³-hybridized carbons (Fsp3) is 0.364. The molecule has 0 aliphatic rings. The second kappa shape index (κ2) is 5.75. The largest absolute Gasteiger partial charge is 0.409 e. The summed E-state index contributed by atoms with van der Waals surface area (Å²) in [7, 11) is 0. The van der Waals surface area contributed by atoms with Crippen LogP contribution in [0.2, 0.25) is 0 Å². The number of hydrogen-bond acceptors (Lipinski definition) is 3. The van der Waals surface area contributed by atoms with E-state index in [-0.39, 0.29) is 5.84 Å². The fourth-order valence-electron chi connectivity index (χ4n) is 1.64. The van der Waals surface area contributed by atoms with Crippen molar-refractivity contribution in [1.82, 2.24) is 0 Å². The van der Waals surface area contributed by atoms with E-state index in [1.54, 1.807) is 0 Å². The van der Waals surface area contributed by atoms with Crippen molar-refractivity contribution in [2.45, 2.75) is 13.8 Å². The number of anilines is 1. The first-order chi connectivity index (χ1) is 7.65. The second-order valence-corrected chi connectivity index (χ2v) is 4.15. The Morgan fingerprint density at radius 3 is 2.56 bits per heavy atom. The van der Waals surface area contributed by atoms with Gasteiger partial charge >= 0.3 is 0 Å². The Hall–Kier alpha value is -1.23. The molecule has 1 aromatic carbocycles. The average Bonchev–Trinajstić information content (AvgIpc) is 2.30. The molecule has 88 valence electrons. The van der Waals surface area contributed by atoms with Gasteiger partial charge in [-0.05, 0) is 41.9 Å². The summed E-state index contributed by atoms with van der Waals surface area (Å²) in [4.78, 5) is 2.15. The molecule has 0 bridgehead atoms. The highest BCUT2D eigenvalue weighted by atomic mass is 79.9. The van der Waals surface area contributed by atoms with Crippen molar-refractivity contribution in [2.24, 2.45) is 10.9 Å². The molecule has 0 amide bonds. The molecule has 0 heterocycles. The van der Waals surface area contributed by atoms with E-state index in [9.17, 15) is 0 Å². The third kappa shape index (κ3) is 2.47. The van der Waals surface area contributed by atoms with Crippen LogP contribution >= 0.6 is 15.9 Å². The molecule has 0 saturated heterocycles. The van der Waals surface area contributed by atoms with E-state index in [0.717, 1.165) is 28.8 Å². The molecule has 5 heteroatoms. The lowest BCUT2D eigenvalue weighted by Gasteiger charge is -2.24. The molecule has 0 fully saturated rings. The van der Waals surface area contributed by atoms with E-state index >= 15 is 0 Å². The van der Waals surface area contributed by atoms with E-state index in [1.807, 2.05) is 18.2 Å². The van der Waals surface area contributed by atoms with E-state index < -0.39 is 0 Å². The van der Waals surface area contributed by atoms with Gasteiger partial charge in [0.25, 0.3) is 0 Å². The molecular weight excluding hydrogens is 270 g/mol. The molecule has 1 rings (SSSR count). The number of nitrogens with two attached hydrogens (primary N) is 1. The molecule has 16 heavy (non-hydrogen) atoms. The zero-order chi connectivity index (χ0) is 12.1. The fourth-order valence-corrected chi connectivity index (χ4v) is 2.20. The summed E-state index contributed by atoms with van der Waals surface area (Å²) in [6.45, 7) is 5.89.